The smallest absolute Gasteiger partial charge is 0.338 e. The number of carbonyl (C=O) groups excluding carboxylic acids is 2. The first kappa shape index (κ1) is 17.8. The van der Waals surface area contributed by atoms with Gasteiger partial charge in [-0.2, -0.15) is 0 Å². The Kier molecular flexibility index (Phi) is 5.40. The molecule has 2 N–H and O–H groups in total. The zero-order valence-electron chi connectivity index (χ0n) is 14.5. The van der Waals surface area contributed by atoms with Crippen molar-refractivity contribution in [2.45, 2.75) is 19.9 Å². The van der Waals surface area contributed by atoms with E-state index in [0.29, 0.717) is 11.3 Å². The summed E-state index contributed by atoms with van der Waals surface area (Å²) in [4.78, 5) is 25.9. The zero-order valence-corrected chi connectivity index (χ0v) is 15.3. The monoisotopic (exact) mass is 366 g/mol. The first-order chi connectivity index (χ1) is 12.6. The molecule has 1 aromatic carbocycles. The van der Waals surface area contributed by atoms with E-state index in [2.05, 4.69) is 22.5 Å². The predicted octanol–water partition coefficient (Wildman–Crippen LogP) is 3.34. The van der Waals surface area contributed by atoms with Gasteiger partial charge in [0.05, 0.1) is 23.1 Å². The van der Waals surface area contributed by atoms with Crippen LogP contribution < -0.4 is 10.6 Å². The molecular formula is C20H18N2O3S. The van der Waals surface area contributed by atoms with E-state index >= 15 is 0 Å². The average Bonchev–Trinajstić information content (AvgIpc) is 3.09. The van der Waals surface area contributed by atoms with E-state index in [1.54, 1.807) is 13.8 Å². The first-order valence-electron chi connectivity index (χ1n) is 8.20. The van der Waals surface area contributed by atoms with Crippen molar-refractivity contribution in [2.75, 3.05) is 6.61 Å². The fraction of sp³-hybridized carbons (Fsp3) is 0.200. The van der Waals surface area contributed by atoms with Crippen LogP contribution in [0.5, 0.6) is 0 Å². The normalized spacial score (nSPS) is 16.2. The van der Waals surface area contributed by atoms with E-state index in [1.165, 1.54) is 11.3 Å². The van der Waals surface area contributed by atoms with Gasteiger partial charge in [0.2, 0.25) is 0 Å². The molecule has 2 amide bonds. The number of amides is 2. The Morgan fingerprint density at radius 3 is 2.69 bits per heavy atom. The Hall–Kier alpha value is -3.04. The van der Waals surface area contributed by atoms with Crippen LogP contribution in [0.15, 0.2) is 53.7 Å². The Labute approximate surface area is 156 Å². The number of carbonyl (C=O) groups is 2. The molecule has 6 heteroatoms. The van der Waals surface area contributed by atoms with Gasteiger partial charge in [0.15, 0.2) is 0 Å². The maximum Gasteiger partial charge on any atom is 0.338 e. The molecule has 2 heterocycles. The number of benzene rings is 1. The molecule has 0 saturated carbocycles. The van der Waals surface area contributed by atoms with Crippen LogP contribution in [-0.4, -0.2) is 18.6 Å². The molecule has 1 atom stereocenters. The lowest BCUT2D eigenvalue weighted by molar-refractivity contribution is -0.139. The van der Waals surface area contributed by atoms with Crippen molar-refractivity contribution in [2.24, 2.45) is 0 Å². The molecule has 1 unspecified atom stereocenters. The lowest BCUT2D eigenvalue weighted by atomic mass is 10.0. The number of thiophene rings is 1. The van der Waals surface area contributed by atoms with Gasteiger partial charge in [-0.3, -0.25) is 0 Å². The van der Waals surface area contributed by atoms with Crippen molar-refractivity contribution in [3.05, 3.63) is 69.1 Å². The molecule has 1 aliphatic heterocycles. The average molecular weight is 366 g/mol. The molecule has 0 saturated heterocycles. The molecule has 3 rings (SSSR count). The van der Waals surface area contributed by atoms with Gasteiger partial charge in [-0.15, -0.1) is 11.3 Å². The van der Waals surface area contributed by atoms with Crippen molar-refractivity contribution in [1.29, 1.82) is 0 Å². The summed E-state index contributed by atoms with van der Waals surface area (Å²) in [5.74, 6) is 5.79. The highest BCUT2D eigenvalue weighted by Crippen LogP contribution is 2.32. The van der Waals surface area contributed by atoms with Crippen molar-refractivity contribution in [1.82, 2.24) is 10.6 Å². The van der Waals surface area contributed by atoms with Gasteiger partial charge in [0, 0.05) is 16.1 Å². The van der Waals surface area contributed by atoms with Crippen LogP contribution in [0.2, 0.25) is 0 Å². The zero-order chi connectivity index (χ0) is 18.5. The number of nitrogens with one attached hydrogen (secondary N) is 2. The third-order valence-electron chi connectivity index (χ3n) is 3.78. The van der Waals surface area contributed by atoms with Gasteiger partial charge in [-0.05, 0) is 38.1 Å². The van der Waals surface area contributed by atoms with Crippen molar-refractivity contribution in [3.63, 3.8) is 0 Å². The molecule has 26 heavy (non-hydrogen) atoms. The summed E-state index contributed by atoms with van der Waals surface area (Å²) in [6.45, 7) is 3.72. The van der Waals surface area contributed by atoms with Crippen molar-refractivity contribution in [3.8, 4) is 11.8 Å². The van der Waals surface area contributed by atoms with E-state index in [9.17, 15) is 9.59 Å². The third kappa shape index (κ3) is 3.95. The van der Waals surface area contributed by atoms with Gasteiger partial charge in [0.1, 0.15) is 0 Å². The van der Waals surface area contributed by atoms with Crippen LogP contribution in [-0.2, 0) is 9.53 Å². The predicted molar refractivity (Wildman–Crippen MR) is 100 cm³/mol. The second-order valence-corrected chi connectivity index (χ2v) is 6.72. The van der Waals surface area contributed by atoms with Crippen LogP contribution in [0.1, 0.15) is 35.2 Å². The molecule has 1 aliphatic rings. The molecule has 0 aliphatic carbocycles. The summed E-state index contributed by atoms with van der Waals surface area (Å²) >= 11 is 1.44. The van der Waals surface area contributed by atoms with E-state index in [1.807, 2.05) is 42.5 Å². The van der Waals surface area contributed by atoms with E-state index < -0.39 is 12.0 Å². The first-order valence-corrected chi connectivity index (χ1v) is 9.02. The molecule has 5 nitrogen and oxygen atoms in total. The Balaban J connectivity index is 1.89. The topological polar surface area (TPSA) is 67.4 Å². The minimum atomic E-state index is -0.542. The fourth-order valence-electron chi connectivity index (χ4n) is 2.62. The second kappa shape index (κ2) is 7.89. The largest absolute Gasteiger partial charge is 0.463 e. The molecule has 2 aromatic rings. The lowest BCUT2D eigenvalue weighted by Crippen LogP contribution is -2.45. The number of esters is 1. The minimum absolute atomic E-state index is 0.272. The second-order valence-electron chi connectivity index (χ2n) is 5.61. The summed E-state index contributed by atoms with van der Waals surface area (Å²) in [5, 5.41) is 5.42. The molecular weight excluding hydrogens is 348 g/mol. The number of rotatable bonds is 3. The van der Waals surface area contributed by atoms with Crippen LogP contribution in [0.4, 0.5) is 4.79 Å². The van der Waals surface area contributed by atoms with E-state index in [-0.39, 0.29) is 12.6 Å². The molecule has 1 aromatic heterocycles. The SMILES string of the molecule is CCOC(=O)C1=C(C)NC(=O)NC1c1ccc(C#Cc2ccccc2)s1. The Morgan fingerprint density at radius 2 is 1.96 bits per heavy atom. The number of hydrogen-bond donors (Lipinski definition) is 2. The van der Waals surface area contributed by atoms with Crippen molar-refractivity contribution < 1.29 is 14.3 Å². The Morgan fingerprint density at radius 1 is 1.19 bits per heavy atom. The maximum atomic E-state index is 12.3. The van der Waals surface area contributed by atoms with E-state index in [0.717, 1.165) is 15.3 Å². The molecule has 0 bridgehead atoms. The number of urea groups is 1. The Bertz CT molecular complexity index is 919. The summed E-state index contributed by atoms with van der Waals surface area (Å²) in [7, 11) is 0. The lowest BCUT2D eigenvalue weighted by Gasteiger charge is -2.26. The highest BCUT2D eigenvalue weighted by molar-refractivity contribution is 7.12. The molecule has 0 radical (unpaired) electrons. The summed E-state index contributed by atoms with van der Waals surface area (Å²) in [5.41, 5.74) is 1.85. The number of hydrogen-bond acceptors (Lipinski definition) is 4. The highest BCUT2D eigenvalue weighted by atomic mass is 32.1. The third-order valence-corrected chi connectivity index (χ3v) is 4.85. The quantitative estimate of drug-likeness (QED) is 0.647. The van der Waals surface area contributed by atoms with Crippen LogP contribution >= 0.6 is 11.3 Å². The van der Waals surface area contributed by atoms with Gasteiger partial charge >= 0.3 is 12.0 Å². The van der Waals surface area contributed by atoms with Gasteiger partial charge < -0.3 is 15.4 Å². The van der Waals surface area contributed by atoms with Crippen molar-refractivity contribution >= 4 is 23.3 Å². The van der Waals surface area contributed by atoms with E-state index in [4.69, 9.17) is 4.74 Å². The van der Waals surface area contributed by atoms with Gasteiger partial charge in [-0.1, -0.05) is 30.0 Å². The summed E-state index contributed by atoms with van der Waals surface area (Å²) in [6.07, 6.45) is 0. The van der Waals surface area contributed by atoms with Gasteiger partial charge in [0.25, 0.3) is 0 Å². The standard InChI is InChI=1S/C20H18N2O3S/c1-3-25-19(23)17-13(2)21-20(24)22-18(17)16-12-11-15(26-16)10-9-14-7-5-4-6-8-14/h4-8,11-12,18H,3H2,1-2H3,(H2,21,22,24). The van der Waals surface area contributed by atoms with Crippen LogP contribution in [0, 0.1) is 11.8 Å². The number of allylic oxidation sites excluding steroid dienone is 1. The highest BCUT2D eigenvalue weighted by Gasteiger charge is 2.32. The maximum absolute atomic E-state index is 12.3. The van der Waals surface area contributed by atoms with Crippen LogP contribution in [0.25, 0.3) is 0 Å². The number of ether oxygens (including phenoxy) is 1. The van der Waals surface area contributed by atoms with Crippen LogP contribution in [0.3, 0.4) is 0 Å². The minimum Gasteiger partial charge on any atom is -0.463 e. The fourth-order valence-corrected chi connectivity index (χ4v) is 3.54. The summed E-state index contributed by atoms with van der Waals surface area (Å²) < 4.78 is 5.14. The molecule has 132 valence electrons. The molecule has 0 spiro atoms. The molecule has 0 fully saturated rings. The summed E-state index contributed by atoms with van der Waals surface area (Å²) in [6, 6.07) is 12.6. The van der Waals surface area contributed by atoms with Gasteiger partial charge in [-0.25, -0.2) is 9.59 Å².